The number of aliphatic hydroxyl groups is 3. The van der Waals surface area contributed by atoms with Crippen LogP contribution in [0.1, 0.15) is 91.9 Å². The molecule has 0 aromatic carbocycles. The average Bonchev–Trinajstić information content (AvgIpc) is 3.00. The van der Waals surface area contributed by atoms with E-state index in [-0.39, 0.29) is 0 Å². The van der Waals surface area contributed by atoms with Crippen molar-refractivity contribution in [3.63, 3.8) is 0 Å². The first-order valence-electron chi connectivity index (χ1n) is 12.2. The van der Waals surface area contributed by atoms with Crippen molar-refractivity contribution in [3.8, 4) is 0 Å². The van der Waals surface area contributed by atoms with Crippen molar-refractivity contribution < 1.29 is 15.3 Å². The maximum atomic E-state index is 10.1. The van der Waals surface area contributed by atoms with Gasteiger partial charge in [-0.2, -0.15) is 0 Å². The van der Waals surface area contributed by atoms with Crippen LogP contribution in [0.5, 0.6) is 0 Å². The molecule has 0 aliphatic heterocycles. The molecule has 0 unspecified atom stereocenters. The van der Waals surface area contributed by atoms with E-state index < -0.39 is 17.8 Å². The molecule has 0 saturated heterocycles. The Morgan fingerprint density at radius 2 is 1.83 bits per heavy atom. The molecule has 3 saturated carbocycles. The van der Waals surface area contributed by atoms with Gasteiger partial charge in [-0.3, -0.25) is 0 Å². The molecule has 0 amide bonds. The highest BCUT2D eigenvalue weighted by Crippen LogP contribution is 2.60. The number of hydrogen-bond acceptors (Lipinski definition) is 3. The zero-order chi connectivity index (χ0) is 22.1. The van der Waals surface area contributed by atoms with Gasteiger partial charge < -0.3 is 15.3 Å². The molecule has 3 fully saturated rings. The van der Waals surface area contributed by atoms with Gasteiger partial charge in [-0.05, 0) is 94.0 Å². The smallest absolute Gasteiger partial charge is 0.0809 e. The zero-order valence-corrected chi connectivity index (χ0v) is 19.7. The maximum absolute atomic E-state index is 10.1. The molecule has 0 radical (unpaired) electrons. The Morgan fingerprint density at radius 1 is 1.17 bits per heavy atom. The molecule has 0 bridgehead atoms. The summed E-state index contributed by atoms with van der Waals surface area (Å²) in [6, 6.07) is 0. The molecule has 0 spiro atoms. The second-order valence-electron chi connectivity index (χ2n) is 11.4. The monoisotopic (exact) mass is 416 g/mol. The Labute approximate surface area is 184 Å². The van der Waals surface area contributed by atoms with Gasteiger partial charge in [0.1, 0.15) is 0 Å². The fraction of sp³-hybridized carbons (Fsp3) is 0.778. The maximum Gasteiger partial charge on any atom is 0.0809 e. The molecule has 0 aromatic rings. The van der Waals surface area contributed by atoms with Crippen molar-refractivity contribution in [1.82, 2.24) is 0 Å². The number of fused-ring (bicyclic) bond motifs is 1. The molecule has 3 N–H and O–H groups in total. The number of aliphatic hydroxyl groups excluding tert-OH is 2. The molecule has 3 heteroatoms. The second-order valence-corrected chi connectivity index (χ2v) is 11.4. The number of rotatable bonds is 6. The van der Waals surface area contributed by atoms with Crippen LogP contribution in [0.4, 0.5) is 0 Å². The fourth-order valence-electron chi connectivity index (χ4n) is 6.70. The standard InChI is InChI=1S/C27H44O3/c1-18(8-6-14-26(3,4)30)22-12-13-23-21(9-7-15-27(22,23)5)11-10-20-16-24(28)19(2)25(29)17-20/h10-11,18,22-25,28-30H,2,6-9,12-17H2,1,3-5H3/b21-11-/t18-,22+,23-,24+,25+,27+/m0/s1. The zero-order valence-electron chi connectivity index (χ0n) is 19.7. The van der Waals surface area contributed by atoms with Crippen LogP contribution < -0.4 is 0 Å². The largest absolute Gasteiger partial charge is 0.390 e. The Kier molecular flexibility index (Phi) is 7.37. The molecular weight excluding hydrogens is 372 g/mol. The Bertz CT molecular complexity index is 667. The first kappa shape index (κ1) is 23.8. The van der Waals surface area contributed by atoms with Gasteiger partial charge in [-0.15, -0.1) is 0 Å². The van der Waals surface area contributed by atoms with E-state index in [9.17, 15) is 15.3 Å². The van der Waals surface area contributed by atoms with Crippen LogP contribution in [-0.2, 0) is 0 Å². The molecule has 6 atom stereocenters. The van der Waals surface area contributed by atoms with Gasteiger partial charge in [0.15, 0.2) is 0 Å². The molecule has 3 nitrogen and oxygen atoms in total. The Hall–Kier alpha value is -0.900. The highest BCUT2D eigenvalue weighted by molar-refractivity contribution is 5.29. The predicted molar refractivity (Wildman–Crippen MR) is 124 cm³/mol. The highest BCUT2D eigenvalue weighted by Gasteiger charge is 2.50. The summed E-state index contributed by atoms with van der Waals surface area (Å²) in [4.78, 5) is 0. The minimum Gasteiger partial charge on any atom is -0.390 e. The summed E-state index contributed by atoms with van der Waals surface area (Å²) in [6.45, 7) is 12.6. The Balaban J connectivity index is 1.67. The van der Waals surface area contributed by atoms with Crippen molar-refractivity contribution >= 4 is 0 Å². The summed E-state index contributed by atoms with van der Waals surface area (Å²) in [5.41, 5.74) is 3.11. The SMILES string of the molecule is C=C1[C@H](O)CC(=C/C=C2/CCC[C@]3(C)[C@@H]([C@@H](C)CCCC(C)(C)O)CC[C@@H]23)C[C@H]1O. The van der Waals surface area contributed by atoms with Crippen molar-refractivity contribution in [2.75, 3.05) is 0 Å². The minimum absolute atomic E-state index is 0.386. The topological polar surface area (TPSA) is 60.7 Å². The van der Waals surface area contributed by atoms with Crippen molar-refractivity contribution in [1.29, 1.82) is 0 Å². The van der Waals surface area contributed by atoms with Gasteiger partial charge in [0.2, 0.25) is 0 Å². The summed E-state index contributed by atoms with van der Waals surface area (Å²) in [6.07, 6.45) is 14.0. The number of allylic oxidation sites excluding steroid dienone is 3. The average molecular weight is 417 g/mol. The number of hydrogen-bond donors (Lipinski definition) is 3. The van der Waals surface area contributed by atoms with Gasteiger partial charge in [0.05, 0.1) is 17.8 Å². The Morgan fingerprint density at radius 3 is 2.47 bits per heavy atom. The van der Waals surface area contributed by atoms with Crippen LogP contribution in [0.3, 0.4) is 0 Å². The summed E-state index contributed by atoms with van der Waals surface area (Å²) in [5, 5.41) is 30.3. The third-order valence-corrected chi connectivity index (χ3v) is 8.47. The van der Waals surface area contributed by atoms with Crippen molar-refractivity contribution in [3.05, 3.63) is 35.5 Å². The summed E-state index contributed by atoms with van der Waals surface area (Å²) >= 11 is 0. The van der Waals surface area contributed by atoms with E-state index in [1.807, 2.05) is 13.8 Å². The van der Waals surface area contributed by atoms with E-state index in [1.54, 1.807) is 5.57 Å². The minimum atomic E-state index is -0.615. The van der Waals surface area contributed by atoms with Crippen molar-refractivity contribution in [2.45, 2.75) is 110 Å². The predicted octanol–water partition coefficient (Wildman–Crippen LogP) is 5.70. The quantitative estimate of drug-likeness (QED) is 0.486. The molecule has 30 heavy (non-hydrogen) atoms. The van der Waals surface area contributed by atoms with Gasteiger partial charge in [-0.25, -0.2) is 0 Å². The van der Waals surface area contributed by atoms with E-state index in [2.05, 4.69) is 32.6 Å². The van der Waals surface area contributed by atoms with E-state index in [4.69, 9.17) is 0 Å². The van der Waals surface area contributed by atoms with Crippen LogP contribution >= 0.6 is 0 Å². The van der Waals surface area contributed by atoms with Gasteiger partial charge >= 0.3 is 0 Å². The molecule has 3 aliphatic rings. The lowest BCUT2D eigenvalue weighted by atomic mass is 9.60. The summed E-state index contributed by atoms with van der Waals surface area (Å²) in [7, 11) is 0. The van der Waals surface area contributed by atoms with Crippen molar-refractivity contribution in [2.24, 2.45) is 23.2 Å². The van der Waals surface area contributed by atoms with E-state index in [0.29, 0.717) is 35.7 Å². The van der Waals surface area contributed by atoms with E-state index in [0.717, 1.165) is 24.3 Å². The molecule has 170 valence electrons. The van der Waals surface area contributed by atoms with Crippen LogP contribution in [-0.4, -0.2) is 33.1 Å². The van der Waals surface area contributed by atoms with Crippen LogP contribution in [0.15, 0.2) is 35.5 Å². The first-order chi connectivity index (χ1) is 14.0. The molecule has 3 rings (SSSR count). The highest BCUT2D eigenvalue weighted by atomic mass is 16.3. The second kappa shape index (κ2) is 9.30. The summed E-state index contributed by atoms with van der Waals surface area (Å²) < 4.78 is 0. The van der Waals surface area contributed by atoms with Gasteiger partial charge in [0, 0.05) is 0 Å². The first-order valence-corrected chi connectivity index (χ1v) is 12.2. The lowest BCUT2D eigenvalue weighted by molar-refractivity contribution is 0.0596. The fourth-order valence-corrected chi connectivity index (χ4v) is 6.70. The third-order valence-electron chi connectivity index (χ3n) is 8.47. The van der Waals surface area contributed by atoms with Gasteiger partial charge in [0.25, 0.3) is 0 Å². The lowest BCUT2D eigenvalue weighted by Gasteiger charge is -2.44. The van der Waals surface area contributed by atoms with Gasteiger partial charge in [-0.1, -0.05) is 56.6 Å². The van der Waals surface area contributed by atoms with Crippen LogP contribution in [0.25, 0.3) is 0 Å². The molecule has 3 aliphatic carbocycles. The third kappa shape index (κ3) is 5.29. The van der Waals surface area contributed by atoms with Crippen LogP contribution in [0, 0.1) is 23.2 Å². The molecular formula is C27H44O3. The summed E-state index contributed by atoms with van der Waals surface area (Å²) in [5.74, 6) is 2.13. The normalized spacial score (nSPS) is 37.4. The lowest BCUT2D eigenvalue weighted by Crippen LogP contribution is -2.36. The molecule has 0 heterocycles. The van der Waals surface area contributed by atoms with Crippen LogP contribution in [0.2, 0.25) is 0 Å². The molecule has 0 aromatic heterocycles. The van der Waals surface area contributed by atoms with E-state index >= 15 is 0 Å². The van der Waals surface area contributed by atoms with E-state index in [1.165, 1.54) is 38.5 Å².